The van der Waals surface area contributed by atoms with Gasteiger partial charge in [-0.15, -0.1) is 0 Å². The van der Waals surface area contributed by atoms with E-state index in [0.29, 0.717) is 13.0 Å². The summed E-state index contributed by atoms with van der Waals surface area (Å²) >= 11 is 0. The van der Waals surface area contributed by atoms with Gasteiger partial charge in [0, 0.05) is 13.7 Å². The molecule has 6 nitrogen and oxygen atoms in total. The minimum atomic E-state index is -0.919. The molecule has 102 valence electrons. The second kappa shape index (κ2) is 5.56. The Balaban J connectivity index is 1.93. The number of carbonyl (C=O) groups is 2. The van der Waals surface area contributed by atoms with Crippen molar-refractivity contribution in [2.24, 2.45) is 0 Å². The molecule has 2 amide bonds. The molecule has 2 N–H and O–H groups in total. The molecule has 1 saturated heterocycles. The van der Waals surface area contributed by atoms with E-state index in [1.54, 1.807) is 7.11 Å². The number of nitrogens with zero attached hydrogens (tertiary/aromatic N) is 1. The Bertz CT molecular complexity index is 334. The number of carbonyl (C=O) groups excluding carboxylic acids is 1. The van der Waals surface area contributed by atoms with Crippen molar-refractivity contribution in [3.8, 4) is 0 Å². The predicted molar refractivity (Wildman–Crippen MR) is 64.3 cm³/mol. The van der Waals surface area contributed by atoms with Crippen LogP contribution in [0, 0.1) is 0 Å². The fourth-order valence-electron chi connectivity index (χ4n) is 2.88. The molecular formula is C12H20N2O4. The third-order valence-electron chi connectivity index (χ3n) is 3.86. The van der Waals surface area contributed by atoms with Crippen LogP contribution in [0.25, 0.3) is 0 Å². The van der Waals surface area contributed by atoms with Gasteiger partial charge in [-0.3, -0.25) is 0 Å². The van der Waals surface area contributed by atoms with Gasteiger partial charge in [-0.1, -0.05) is 0 Å². The largest absolute Gasteiger partial charge is 0.480 e. The van der Waals surface area contributed by atoms with Crippen LogP contribution in [0.1, 0.15) is 32.1 Å². The third kappa shape index (κ3) is 2.58. The van der Waals surface area contributed by atoms with Gasteiger partial charge < -0.3 is 20.1 Å². The summed E-state index contributed by atoms with van der Waals surface area (Å²) < 4.78 is 5.31. The average molecular weight is 256 g/mol. The van der Waals surface area contributed by atoms with Gasteiger partial charge in [-0.25, -0.2) is 9.59 Å². The van der Waals surface area contributed by atoms with Gasteiger partial charge in [0.15, 0.2) is 0 Å². The topological polar surface area (TPSA) is 78.9 Å². The van der Waals surface area contributed by atoms with Crippen molar-refractivity contribution in [2.45, 2.75) is 50.3 Å². The average Bonchev–Trinajstić information content (AvgIpc) is 2.96. The molecule has 2 unspecified atom stereocenters. The van der Waals surface area contributed by atoms with E-state index in [1.165, 1.54) is 4.90 Å². The summed E-state index contributed by atoms with van der Waals surface area (Å²) in [5.74, 6) is -0.919. The summed E-state index contributed by atoms with van der Waals surface area (Å²) in [6.07, 6.45) is 4.23. The van der Waals surface area contributed by atoms with Crippen LogP contribution in [0.4, 0.5) is 4.79 Å². The number of amides is 2. The first kappa shape index (κ1) is 13.1. The number of methoxy groups -OCH3 is 1. The molecule has 1 aliphatic carbocycles. The lowest BCUT2D eigenvalue weighted by Crippen LogP contribution is -2.51. The second-order valence-electron chi connectivity index (χ2n) is 4.95. The van der Waals surface area contributed by atoms with Crippen molar-refractivity contribution in [3.63, 3.8) is 0 Å². The van der Waals surface area contributed by atoms with Crippen molar-refractivity contribution in [3.05, 3.63) is 0 Å². The maximum absolute atomic E-state index is 12.1. The van der Waals surface area contributed by atoms with Crippen LogP contribution in [-0.4, -0.2) is 53.8 Å². The summed E-state index contributed by atoms with van der Waals surface area (Å²) in [4.78, 5) is 24.5. The number of rotatable bonds is 3. The Labute approximate surface area is 106 Å². The number of nitrogens with one attached hydrogen (secondary N) is 1. The summed E-state index contributed by atoms with van der Waals surface area (Å²) in [6, 6.07) is -0.932. The normalized spacial score (nSPS) is 31.6. The summed E-state index contributed by atoms with van der Waals surface area (Å²) in [6.45, 7) is 0.521. The maximum atomic E-state index is 12.1. The van der Waals surface area contributed by atoms with Gasteiger partial charge in [0.1, 0.15) is 6.04 Å². The molecule has 0 aromatic carbocycles. The zero-order chi connectivity index (χ0) is 13.1. The van der Waals surface area contributed by atoms with E-state index < -0.39 is 12.0 Å². The minimum Gasteiger partial charge on any atom is -0.480 e. The van der Waals surface area contributed by atoms with Crippen LogP contribution in [0.15, 0.2) is 0 Å². The fourth-order valence-corrected chi connectivity index (χ4v) is 2.88. The molecular weight excluding hydrogens is 236 g/mol. The van der Waals surface area contributed by atoms with Crippen LogP contribution in [-0.2, 0) is 9.53 Å². The Hall–Kier alpha value is -1.30. The third-order valence-corrected chi connectivity index (χ3v) is 3.86. The number of hydrogen-bond donors (Lipinski definition) is 2. The van der Waals surface area contributed by atoms with Crippen molar-refractivity contribution >= 4 is 12.0 Å². The van der Waals surface area contributed by atoms with Gasteiger partial charge in [-0.05, 0) is 32.1 Å². The SMILES string of the molecule is COC1CCCC1NC(=O)N1CCC[C@@H]1C(=O)O. The number of aliphatic carboxylic acids is 1. The Kier molecular flexibility index (Phi) is 4.06. The Morgan fingerprint density at radius 2 is 2.06 bits per heavy atom. The Morgan fingerprint density at radius 1 is 1.28 bits per heavy atom. The standard InChI is InChI=1S/C12H20N2O4/c1-18-10-6-2-4-8(10)13-12(17)14-7-3-5-9(14)11(15)16/h8-10H,2-7H2,1H3,(H,13,17)(H,15,16)/t8?,9-,10?/m1/s1. The molecule has 6 heteroatoms. The predicted octanol–water partition coefficient (Wildman–Crippen LogP) is 0.812. The molecule has 0 spiro atoms. The van der Waals surface area contributed by atoms with Gasteiger partial charge in [0.2, 0.25) is 0 Å². The van der Waals surface area contributed by atoms with Gasteiger partial charge in [-0.2, -0.15) is 0 Å². The molecule has 2 fully saturated rings. The van der Waals surface area contributed by atoms with Gasteiger partial charge in [0.05, 0.1) is 12.1 Å². The molecule has 0 bridgehead atoms. The molecule has 3 atom stereocenters. The zero-order valence-corrected chi connectivity index (χ0v) is 10.6. The molecule has 1 saturated carbocycles. The van der Waals surface area contributed by atoms with Gasteiger partial charge >= 0.3 is 12.0 Å². The maximum Gasteiger partial charge on any atom is 0.326 e. The van der Waals surface area contributed by atoms with Crippen molar-refractivity contribution in [2.75, 3.05) is 13.7 Å². The zero-order valence-electron chi connectivity index (χ0n) is 10.6. The first-order valence-corrected chi connectivity index (χ1v) is 6.46. The van der Waals surface area contributed by atoms with Crippen LogP contribution >= 0.6 is 0 Å². The monoisotopic (exact) mass is 256 g/mol. The quantitative estimate of drug-likeness (QED) is 0.783. The van der Waals surface area contributed by atoms with E-state index in [4.69, 9.17) is 9.84 Å². The van der Waals surface area contributed by atoms with Crippen molar-refractivity contribution in [1.82, 2.24) is 10.2 Å². The number of likely N-dealkylation sites (tertiary alicyclic amines) is 1. The molecule has 0 radical (unpaired) electrons. The number of hydrogen-bond acceptors (Lipinski definition) is 3. The molecule has 1 aliphatic heterocycles. The minimum absolute atomic E-state index is 0.0116. The van der Waals surface area contributed by atoms with E-state index in [9.17, 15) is 9.59 Å². The highest BCUT2D eigenvalue weighted by atomic mass is 16.5. The molecule has 2 aliphatic rings. The molecule has 0 aromatic heterocycles. The lowest BCUT2D eigenvalue weighted by molar-refractivity contribution is -0.141. The first-order valence-electron chi connectivity index (χ1n) is 6.46. The number of carboxylic acid groups (broad SMARTS) is 1. The van der Waals surface area contributed by atoms with Crippen LogP contribution in [0.2, 0.25) is 0 Å². The van der Waals surface area contributed by atoms with Gasteiger partial charge in [0.25, 0.3) is 0 Å². The molecule has 18 heavy (non-hydrogen) atoms. The Morgan fingerprint density at radius 3 is 2.72 bits per heavy atom. The van der Waals surface area contributed by atoms with E-state index in [1.807, 2.05) is 0 Å². The highest BCUT2D eigenvalue weighted by Crippen LogP contribution is 2.23. The van der Waals surface area contributed by atoms with Crippen LogP contribution in [0.5, 0.6) is 0 Å². The lowest BCUT2D eigenvalue weighted by Gasteiger charge is -2.26. The van der Waals surface area contributed by atoms with E-state index in [-0.39, 0.29) is 18.2 Å². The van der Waals surface area contributed by atoms with Crippen LogP contribution < -0.4 is 5.32 Å². The van der Waals surface area contributed by atoms with Crippen molar-refractivity contribution < 1.29 is 19.4 Å². The summed E-state index contributed by atoms with van der Waals surface area (Å²) in [5.41, 5.74) is 0. The highest BCUT2D eigenvalue weighted by Gasteiger charge is 2.36. The first-order chi connectivity index (χ1) is 8.63. The summed E-state index contributed by atoms with van der Waals surface area (Å²) in [5, 5.41) is 12.0. The smallest absolute Gasteiger partial charge is 0.326 e. The molecule has 0 aromatic rings. The number of ether oxygens (including phenoxy) is 1. The van der Waals surface area contributed by atoms with Crippen molar-refractivity contribution in [1.29, 1.82) is 0 Å². The van der Waals surface area contributed by atoms with Crippen LogP contribution in [0.3, 0.4) is 0 Å². The highest BCUT2D eigenvalue weighted by molar-refractivity contribution is 5.83. The van der Waals surface area contributed by atoms with E-state index >= 15 is 0 Å². The summed E-state index contributed by atoms with van der Waals surface area (Å²) in [7, 11) is 1.64. The molecule has 2 rings (SSSR count). The second-order valence-corrected chi connectivity index (χ2v) is 4.95. The number of carboxylic acids is 1. The van der Waals surface area contributed by atoms with E-state index in [2.05, 4.69) is 5.32 Å². The van der Waals surface area contributed by atoms with E-state index in [0.717, 1.165) is 25.7 Å². The lowest BCUT2D eigenvalue weighted by atomic mass is 10.2. The number of urea groups is 1. The fraction of sp³-hybridized carbons (Fsp3) is 0.833. The molecule has 1 heterocycles.